The predicted molar refractivity (Wildman–Crippen MR) is 142 cm³/mol. The Morgan fingerprint density at radius 1 is 1.18 bits per heavy atom. The number of halogens is 1. The molecule has 2 aliphatic rings. The molecule has 198 valence electrons. The van der Waals surface area contributed by atoms with Crippen LogP contribution in [0.2, 0.25) is 0 Å². The van der Waals surface area contributed by atoms with Crippen LogP contribution in [-0.4, -0.2) is 49.4 Å². The number of aliphatic imine (C=N–C) groups is 1. The average Bonchev–Trinajstić information content (AvgIpc) is 3.53. The molecule has 2 atom stereocenters. The summed E-state index contributed by atoms with van der Waals surface area (Å²) in [6.07, 6.45) is 2.72. The Bertz CT molecular complexity index is 1610. The standard InChI is InChI=1S/C28H26FN7O3/c1-3-35-15-18(14-30-35)23-21(28-36(34-23)13-12-16(2)39-28)26(37)33-25-27(38)32-24-19(10-7-11-20(24)29)22(31-25)17-8-5-4-6-9-17/h4-11,14-16,25H,3,12-13H2,1-2H3,(H,32,38)(H,33,37)/t16-,25-/m1/s1. The van der Waals surface area contributed by atoms with Gasteiger partial charge in [-0.1, -0.05) is 42.5 Å². The smallest absolute Gasteiger partial charge is 0.269 e. The van der Waals surface area contributed by atoms with E-state index in [0.29, 0.717) is 47.1 Å². The fourth-order valence-corrected chi connectivity index (χ4v) is 4.75. The van der Waals surface area contributed by atoms with Gasteiger partial charge in [-0.15, -0.1) is 0 Å². The second-order valence-corrected chi connectivity index (χ2v) is 9.43. The van der Waals surface area contributed by atoms with Gasteiger partial charge in [0.2, 0.25) is 12.0 Å². The summed E-state index contributed by atoms with van der Waals surface area (Å²) in [7, 11) is 0. The minimum atomic E-state index is -1.35. The summed E-state index contributed by atoms with van der Waals surface area (Å²) in [5.41, 5.74) is 2.70. The molecule has 2 aromatic heterocycles. The molecule has 0 aliphatic carbocycles. The van der Waals surface area contributed by atoms with Crippen LogP contribution in [0.4, 0.5) is 10.1 Å². The average molecular weight is 528 g/mol. The number of carbonyl (C=O) groups excluding carboxylic acids is 2. The van der Waals surface area contributed by atoms with E-state index in [0.717, 1.165) is 6.42 Å². The topological polar surface area (TPSA) is 115 Å². The fourth-order valence-electron chi connectivity index (χ4n) is 4.75. The molecule has 6 rings (SSSR count). The molecule has 0 fully saturated rings. The van der Waals surface area contributed by atoms with Gasteiger partial charge in [0.1, 0.15) is 17.1 Å². The molecule has 2 aliphatic heterocycles. The first-order chi connectivity index (χ1) is 18.9. The van der Waals surface area contributed by atoms with Gasteiger partial charge < -0.3 is 15.4 Å². The van der Waals surface area contributed by atoms with Crippen molar-refractivity contribution in [3.8, 4) is 17.1 Å². The highest BCUT2D eigenvalue weighted by Gasteiger charge is 2.34. The Balaban J connectivity index is 1.42. The number of rotatable bonds is 5. The largest absolute Gasteiger partial charge is 0.474 e. The lowest BCUT2D eigenvalue weighted by atomic mass is 10.0. The maximum atomic E-state index is 14.8. The van der Waals surface area contributed by atoms with E-state index in [1.54, 1.807) is 33.9 Å². The number of nitrogens with one attached hydrogen (secondary N) is 2. The van der Waals surface area contributed by atoms with Crippen LogP contribution in [0.3, 0.4) is 0 Å². The Morgan fingerprint density at radius 2 is 2.00 bits per heavy atom. The first kappa shape index (κ1) is 24.5. The maximum absolute atomic E-state index is 14.8. The number of aryl methyl sites for hydroxylation is 2. The molecule has 4 heterocycles. The summed E-state index contributed by atoms with van der Waals surface area (Å²) in [5.74, 6) is -1.54. The number of anilines is 1. The van der Waals surface area contributed by atoms with E-state index in [4.69, 9.17) is 4.74 Å². The number of nitrogens with zero attached hydrogens (tertiary/aromatic N) is 5. The van der Waals surface area contributed by atoms with Gasteiger partial charge in [0.15, 0.2) is 0 Å². The molecule has 2 aromatic carbocycles. The third-order valence-corrected chi connectivity index (χ3v) is 6.76. The van der Waals surface area contributed by atoms with Gasteiger partial charge in [-0.05, 0) is 19.9 Å². The van der Waals surface area contributed by atoms with E-state index in [1.807, 2.05) is 44.2 Å². The summed E-state index contributed by atoms with van der Waals surface area (Å²) in [4.78, 5) is 31.8. The lowest BCUT2D eigenvalue weighted by Gasteiger charge is -2.22. The van der Waals surface area contributed by atoms with Crippen molar-refractivity contribution < 1.29 is 18.7 Å². The zero-order valence-electron chi connectivity index (χ0n) is 21.4. The molecule has 0 unspecified atom stereocenters. The molecular weight excluding hydrogens is 501 g/mol. The first-order valence-corrected chi connectivity index (χ1v) is 12.8. The molecule has 0 saturated heterocycles. The van der Waals surface area contributed by atoms with Crippen molar-refractivity contribution in [1.29, 1.82) is 0 Å². The summed E-state index contributed by atoms with van der Waals surface area (Å²) in [6.45, 7) is 5.11. The highest BCUT2D eigenvalue weighted by molar-refractivity contribution is 6.20. The summed E-state index contributed by atoms with van der Waals surface area (Å²) < 4.78 is 24.3. The van der Waals surface area contributed by atoms with E-state index in [-0.39, 0.29) is 17.4 Å². The van der Waals surface area contributed by atoms with E-state index >= 15 is 0 Å². The number of ether oxygens (including phenoxy) is 1. The summed E-state index contributed by atoms with van der Waals surface area (Å²) >= 11 is 0. The highest BCUT2D eigenvalue weighted by Crippen LogP contribution is 2.34. The van der Waals surface area contributed by atoms with Crippen molar-refractivity contribution in [2.75, 3.05) is 5.32 Å². The monoisotopic (exact) mass is 527 g/mol. The first-order valence-electron chi connectivity index (χ1n) is 12.8. The van der Waals surface area contributed by atoms with Gasteiger partial charge >= 0.3 is 0 Å². The number of hydrogen-bond acceptors (Lipinski definition) is 6. The molecule has 4 aromatic rings. The number of benzene rings is 2. The number of benzodiazepines with no additional fused rings is 1. The molecule has 0 saturated carbocycles. The fraction of sp³-hybridized carbons (Fsp3) is 0.250. The van der Waals surface area contributed by atoms with Crippen molar-refractivity contribution >= 4 is 23.2 Å². The molecule has 0 spiro atoms. The molecule has 2 amide bonds. The van der Waals surface area contributed by atoms with Crippen molar-refractivity contribution in [2.24, 2.45) is 4.99 Å². The van der Waals surface area contributed by atoms with Crippen LogP contribution in [0.5, 0.6) is 5.88 Å². The predicted octanol–water partition coefficient (Wildman–Crippen LogP) is 3.62. The number of hydrogen-bond donors (Lipinski definition) is 2. The van der Waals surface area contributed by atoms with Crippen molar-refractivity contribution in [3.63, 3.8) is 0 Å². The van der Waals surface area contributed by atoms with E-state index in [2.05, 4.69) is 25.8 Å². The Morgan fingerprint density at radius 3 is 2.77 bits per heavy atom. The second kappa shape index (κ2) is 9.82. The summed E-state index contributed by atoms with van der Waals surface area (Å²) in [5, 5.41) is 14.3. The minimum absolute atomic E-state index is 0.00888. The van der Waals surface area contributed by atoms with Crippen LogP contribution in [0.25, 0.3) is 11.3 Å². The minimum Gasteiger partial charge on any atom is -0.474 e. The molecule has 2 N–H and O–H groups in total. The molecule has 0 radical (unpaired) electrons. The maximum Gasteiger partial charge on any atom is 0.269 e. The van der Waals surface area contributed by atoms with Gasteiger partial charge in [-0.3, -0.25) is 14.3 Å². The van der Waals surface area contributed by atoms with Crippen LogP contribution in [-0.2, 0) is 17.9 Å². The highest BCUT2D eigenvalue weighted by atomic mass is 19.1. The lowest BCUT2D eigenvalue weighted by Crippen LogP contribution is -2.42. The number of aromatic nitrogens is 4. The van der Waals surface area contributed by atoms with Crippen LogP contribution in [0, 0.1) is 5.82 Å². The van der Waals surface area contributed by atoms with Crippen molar-refractivity contribution in [3.05, 3.63) is 83.4 Å². The van der Waals surface area contributed by atoms with E-state index in [9.17, 15) is 14.0 Å². The molecule has 11 heteroatoms. The zero-order valence-corrected chi connectivity index (χ0v) is 21.4. The van der Waals surface area contributed by atoms with Gasteiger partial charge in [-0.25, -0.2) is 14.1 Å². The molecular formula is C28H26FN7O3. The van der Waals surface area contributed by atoms with Crippen molar-refractivity contribution in [2.45, 2.75) is 45.6 Å². The van der Waals surface area contributed by atoms with Gasteiger partial charge in [-0.2, -0.15) is 10.2 Å². The van der Waals surface area contributed by atoms with E-state index in [1.165, 1.54) is 6.07 Å². The third-order valence-electron chi connectivity index (χ3n) is 6.76. The SMILES string of the molecule is CCn1cc(-c2nn3c(c2C(=O)N[C@H]2N=C(c4ccccc4)c4cccc(F)c4NC2=O)O[C@H](C)CC3)cn1. The molecule has 10 nitrogen and oxygen atoms in total. The van der Waals surface area contributed by atoms with Crippen LogP contribution in [0.15, 0.2) is 65.9 Å². The Hall–Kier alpha value is -4.80. The lowest BCUT2D eigenvalue weighted by molar-refractivity contribution is -0.117. The number of carbonyl (C=O) groups is 2. The third kappa shape index (κ3) is 4.45. The second-order valence-electron chi connectivity index (χ2n) is 9.43. The number of amides is 2. The van der Waals surface area contributed by atoms with Crippen LogP contribution >= 0.6 is 0 Å². The van der Waals surface area contributed by atoms with Crippen molar-refractivity contribution in [1.82, 2.24) is 24.9 Å². The normalized spacial score (nSPS) is 18.2. The number of para-hydroxylation sites is 1. The Labute approximate surface area is 223 Å². The molecule has 0 bridgehead atoms. The summed E-state index contributed by atoms with van der Waals surface area (Å²) in [6, 6.07) is 13.6. The van der Waals surface area contributed by atoms with Gasteiger partial charge in [0.25, 0.3) is 11.8 Å². The van der Waals surface area contributed by atoms with Crippen LogP contribution in [0.1, 0.15) is 41.8 Å². The van der Waals surface area contributed by atoms with Crippen LogP contribution < -0.4 is 15.4 Å². The molecule has 39 heavy (non-hydrogen) atoms. The van der Waals surface area contributed by atoms with Gasteiger partial charge in [0.05, 0.1) is 23.7 Å². The number of fused-ring (bicyclic) bond motifs is 2. The van der Waals surface area contributed by atoms with Gasteiger partial charge in [0, 0.05) is 42.4 Å². The zero-order chi connectivity index (χ0) is 27.1. The van der Waals surface area contributed by atoms with E-state index < -0.39 is 23.8 Å². The Kier molecular flexibility index (Phi) is 6.18. The quantitative estimate of drug-likeness (QED) is 0.411.